The first-order chi connectivity index (χ1) is 8.46. The van der Waals surface area contributed by atoms with E-state index in [1.54, 1.807) is 0 Å². The van der Waals surface area contributed by atoms with Crippen molar-refractivity contribution < 1.29 is 0 Å². The van der Waals surface area contributed by atoms with Crippen LogP contribution in [0.3, 0.4) is 0 Å². The van der Waals surface area contributed by atoms with Crippen molar-refractivity contribution in [1.82, 2.24) is 15.1 Å². The molecule has 1 N–H and O–H groups in total. The van der Waals surface area contributed by atoms with Crippen LogP contribution < -0.4 is 5.32 Å². The summed E-state index contributed by atoms with van der Waals surface area (Å²) in [6.07, 6.45) is 5.33. The number of rotatable bonds is 7. The number of hydrogen-bond donors (Lipinski definition) is 1. The fourth-order valence-electron chi connectivity index (χ4n) is 1.66. The van der Waals surface area contributed by atoms with Gasteiger partial charge < -0.3 is 5.32 Å². The summed E-state index contributed by atoms with van der Waals surface area (Å²) in [7, 11) is 0. The molecule has 0 fully saturated rings. The molecule has 1 atom stereocenters. The molecular weight excluding hydrogens is 242 g/mol. The molecule has 1 heterocycles. The Morgan fingerprint density at radius 3 is 2.61 bits per heavy atom. The van der Waals surface area contributed by atoms with Gasteiger partial charge in [-0.1, -0.05) is 27.7 Å². The van der Waals surface area contributed by atoms with Gasteiger partial charge in [0.25, 0.3) is 0 Å². The third-order valence-corrected chi connectivity index (χ3v) is 4.07. The molecule has 1 aromatic heterocycles. The Balaban J connectivity index is 2.64. The first-order valence-electron chi connectivity index (χ1n) is 6.86. The highest BCUT2D eigenvalue weighted by Crippen LogP contribution is 2.28. The molecule has 0 spiro atoms. The maximum Gasteiger partial charge on any atom is 0.0537 e. The smallest absolute Gasteiger partial charge is 0.0537 e. The molecule has 0 aliphatic carbocycles. The largest absolute Gasteiger partial charge is 0.309 e. The van der Waals surface area contributed by atoms with E-state index in [0.29, 0.717) is 10.8 Å². The molecule has 1 unspecified atom stereocenters. The summed E-state index contributed by atoms with van der Waals surface area (Å²) < 4.78 is 2.31. The maximum atomic E-state index is 4.38. The zero-order valence-corrected chi connectivity index (χ0v) is 13.2. The van der Waals surface area contributed by atoms with Crippen molar-refractivity contribution in [2.75, 3.05) is 12.3 Å². The Hall–Kier alpha value is -0.480. The van der Waals surface area contributed by atoms with E-state index in [2.05, 4.69) is 51.2 Å². The molecule has 1 rings (SSSR count). The fourth-order valence-corrected chi connectivity index (χ4v) is 2.63. The Labute approximate surface area is 116 Å². The van der Waals surface area contributed by atoms with Crippen molar-refractivity contribution in [3.63, 3.8) is 0 Å². The summed E-state index contributed by atoms with van der Waals surface area (Å²) in [5.41, 5.74) is 1.31. The van der Waals surface area contributed by atoms with Gasteiger partial charge in [-0.05, 0) is 19.9 Å². The minimum Gasteiger partial charge on any atom is -0.309 e. The molecule has 0 bridgehead atoms. The van der Waals surface area contributed by atoms with E-state index >= 15 is 0 Å². The van der Waals surface area contributed by atoms with Gasteiger partial charge in [-0.2, -0.15) is 16.9 Å². The van der Waals surface area contributed by atoms with Crippen LogP contribution in [0.15, 0.2) is 12.4 Å². The van der Waals surface area contributed by atoms with E-state index in [0.717, 1.165) is 18.8 Å². The lowest BCUT2D eigenvalue weighted by Gasteiger charge is -2.23. The number of aromatic nitrogens is 2. The Bertz CT molecular complexity index is 341. The van der Waals surface area contributed by atoms with Crippen molar-refractivity contribution >= 4 is 11.8 Å². The van der Waals surface area contributed by atoms with Crippen LogP contribution >= 0.6 is 11.8 Å². The summed E-state index contributed by atoms with van der Waals surface area (Å²) in [6, 6.07) is 0.412. The van der Waals surface area contributed by atoms with Crippen LogP contribution in [0.4, 0.5) is 0 Å². The highest BCUT2D eigenvalue weighted by Gasteiger charge is 2.17. The standard InChI is InChI=1S/C14H27N3S/c1-6-8-15-13(11-18-14(3,4)5)12-9-16-17(7-2)10-12/h9-10,13,15H,6-8,11H2,1-5H3. The zero-order chi connectivity index (χ0) is 13.6. The van der Waals surface area contributed by atoms with E-state index in [4.69, 9.17) is 0 Å². The van der Waals surface area contributed by atoms with Gasteiger partial charge in [0.15, 0.2) is 0 Å². The lowest BCUT2D eigenvalue weighted by atomic mass is 10.2. The highest BCUT2D eigenvalue weighted by molar-refractivity contribution is 8.00. The van der Waals surface area contributed by atoms with Crippen molar-refractivity contribution in [3.8, 4) is 0 Å². The van der Waals surface area contributed by atoms with E-state index < -0.39 is 0 Å². The molecular formula is C14H27N3S. The number of nitrogens with zero attached hydrogens (tertiary/aromatic N) is 2. The number of hydrogen-bond acceptors (Lipinski definition) is 3. The predicted molar refractivity (Wildman–Crippen MR) is 81.1 cm³/mol. The average molecular weight is 269 g/mol. The van der Waals surface area contributed by atoms with Crippen LogP contribution in [0.1, 0.15) is 52.6 Å². The van der Waals surface area contributed by atoms with Gasteiger partial charge in [0, 0.05) is 34.8 Å². The van der Waals surface area contributed by atoms with Crippen molar-refractivity contribution in [2.45, 2.75) is 58.4 Å². The lowest BCUT2D eigenvalue weighted by Crippen LogP contribution is -2.25. The van der Waals surface area contributed by atoms with Crippen LogP contribution in [-0.2, 0) is 6.54 Å². The number of aryl methyl sites for hydroxylation is 1. The first kappa shape index (κ1) is 15.6. The minimum absolute atomic E-state index is 0.312. The van der Waals surface area contributed by atoms with E-state index in [1.165, 1.54) is 12.0 Å². The van der Waals surface area contributed by atoms with Crippen molar-refractivity contribution in [1.29, 1.82) is 0 Å². The number of thioether (sulfide) groups is 1. The summed E-state index contributed by atoms with van der Waals surface area (Å²) >= 11 is 2.00. The van der Waals surface area contributed by atoms with Crippen LogP contribution in [0.25, 0.3) is 0 Å². The van der Waals surface area contributed by atoms with Gasteiger partial charge in [0.1, 0.15) is 0 Å². The van der Waals surface area contributed by atoms with Gasteiger partial charge in [-0.25, -0.2) is 0 Å². The molecule has 0 radical (unpaired) electrons. The summed E-state index contributed by atoms with van der Waals surface area (Å²) in [5, 5.41) is 8.00. The molecule has 3 nitrogen and oxygen atoms in total. The summed E-state index contributed by atoms with van der Waals surface area (Å²) in [6.45, 7) is 13.1. The summed E-state index contributed by atoms with van der Waals surface area (Å²) in [4.78, 5) is 0. The predicted octanol–water partition coefficient (Wildman–Crippen LogP) is 3.48. The monoisotopic (exact) mass is 269 g/mol. The number of nitrogens with one attached hydrogen (secondary N) is 1. The summed E-state index contributed by atoms with van der Waals surface area (Å²) in [5.74, 6) is 1.10. The van der Waals surface area contributed by atoms with E-state index in [9.17, 15) is 0 Å². The molecule has 104 valence electrons. The van der Waals surface area contributed by atoms with Crippen LogP contribution in [-0.4, -0.2) is 26.8 Å². The normalized spacial score (nSPS) is 13.8. The molecule has 0 saturated carbocycles. The molecule has 18 heavy (non-hydrogen) atoms. The molecule has 4 heteroatoms. The molecule has 0 saturated heterocycles. The van der Waals surface area contributed by atoms with Gasteiger partial charge >= 0.3 is 0 Å². The third kappa shape index (κ3) is 5.44. The zero-order valence-electron chi connectivity index (χ0n) is 12.4. The van der Waals surface area contributed by atoms with Crippen LogP contribution in [0, 0.1) is 0 Å². The van der Waals surface area contributed by atoms with Crippen molar-refractivity contribution in [3.05, 3.63) is 18.0 Å². The van der Waals surface area contributed by atoms with E-state index in [1.807, 2.05) is 22.6 Å². The average Bonchev–Trinajstić information content (AvgIpc) is 2.76. The molecule has 0 aliphatic heterocycles. The second-order valence-electron chi connectivity index (χ2n) is 5.56. The third-order valence-electron chi connectivity index (χ3n) is 2.70. The second kappa shape index (κ2) is 7.19. The van der Waals surface area contributed by atoms with Gasteiger partial charge in [0.05, 0.1) is 6.20 Å². The topological polar surface area (TPSA) is 29.9 Å². The van der Waals surface area contributed by atoms with Crippen LogP contribution in [0.5, 0.6) is 0 Å². The Morgan fingerprint density at radius 1 is 1.39 bits per heavy atom. The van der Waals surface area contributed by atoms with Crippen molar-refractivity contribution in [2.24, 2.45) is 0 Å². The molecule has 0 aromatic carbocycles. The maximum absolute atomic E-state index is 4.38. The van der Waals surface area contributed by atoms with Gasteiger partial charge in [0.2, 0.25) is 0 Å². The second-order valence-corrected chi connectivity index (χ2v) is 7.41. The quantitative estimate of drug-likeness (QED) is 0.822. The Kier molecular flexibility index (Phi) is 6.22. The van der Waals surface area contributed by atoms with Gasteiger partial charge in [-0.15, -0.1) is 0 Å². The van der Waals surface area contributed by atoms with E-state index in [-0.39, 0.29) is 0 Å². The Morgan fingerprint density at radius 2 is 2.11 bits per heavy atom. The lowest BCUT2D eigenvalue weighted by molar-refractivity contribution is 0.573. The molecule has 1 aromatic rings. The molecule has 0 aliphatic rings. The molecule has 0 amide bonds. The SMILES string of the molecule is CCCNC(CSC(C)(C)C)c1cnn(CC)c1. The fraction of sp³-hybridized carbons (Fsp3) is 0.786. The first-order valence-corrected chi connectivity index (χ1v) is 7.84. The van der Waals surface area contributed by atoms with Crippen LogP contribution in [0.2, 0.25) is 0 Å². The minimum atomic E-state index is 0.312. The highest BCUT2D eigenvalue weighted by atomic mass is 32.2. The van der Waals surface area contributed by atoms with Gasteiger partial charge in [-0.3, -0.25) is 4.68 Å².